The summed E-state index contributed by atoms with van der Waals surface area (Å²) in [7, 11) is 3.13. The summed E-state index contributed by atoms with van der Waals surface area (Å²) >= 11 is 0. The lowest BCUT2D eigenvalue weighted by molar-refractivity contribution is -0.128. The van der Waals surface area contributed by atoms with E-state index in [4.69, 9.17) is 9.47 Å². The van der Waals surface area contributed by atoms with Gasteiger partial charge in [-0.25, -0.2) is 0 Å². The fraction of sp³-hybridized carbons (Fsp3) is 0.300. The summed E-state index contributed by atoms with van der Waals surface area (Å²) in [6.07, 6.45) is 1.61. The van der Waals surface area contributed by atoms with E-state index in [1.807, 2.05) is 24.3 Å². The third kappa shape index (κ3) is 1.38. The maximum Gasteiger partial charge on any atom is 0.288 e. The molecule has 0 atom stereocenters. The smallest absolute Gasteiger partial charge is 0.288 e. The molecule has 2 rings (SSSR count). The van der Waals surface area contributed by atoms with Gasteiger partial charge in [0.05, 0.1) is 17.6 Å². The van der Waals surface area contributed by atoms with Gasteiger partial charge >= 0.3 is 0 Å². The van der Waals surface area contributed by atoms with E-state index in [0.717, 1.165) is 11.4 Å². The first kappa shape index (κ1) is 9.18. The standard InChI is InChI=1S/C10H12N2O2/c1-13-10(14-2)7-11-8-5-3-4-6-9(8)12-10/h3-7,12H,1-2H3. The second kappa shape index (κ2) is 3.40. The molecule has 1 aromatic carbocycles. The maximum atomic E-state index is 5.20. The molecule has 4 nitrogen and oxygen atoms in total. The van der Waals surface area contributed by atoms with Crippen molar-refractivity contribution >= 4 is 17.6 Å². The van der Waals surface area contributed by atoms with Crippen LogP contribution in [0.15, 0.2) is 29.3 Å². The van der Waals surface area contributed by atoms with Gasteiger partial charge in [-0.2, -0.15) is 0 Å². The van der Waals surface area contributed by atoms with E-state index in [1.54, 1.807) is 20.4 Å². The normalized spacial score (nSPS) is 17.3. The van der Waals surface area contributed by atoms with Crippen LogP contribution in [0.2, 0.25) is 0 Å². The Morgan fingerprint density at radius 3 is 2.64 bits per heavy atom. The molecule has 1 N–H and O–H groups in total. The van der Waals surface area contributed by atoms with E-state index in [-0.39, 0.29) is 0 Å². The van der Waals surface area contributed by atoms with Crippen molar-refractivity contribution in [1.82, 2.24) is 0 Å². The molecule has 0 saturated heterocycles. The SMILES string of the molecule is COC1(OC)C=Nc2ccccc2N1. The number of rotatable bonds is 2. The zero-order chi connectivity index (χ0) is 10.0. The largest absolute Gasteiger partial charge is 0.332 e. The van der Waals surface area contributed by atoms with Crippen molar-refractivity contribution in [3.05, 3.63) is 24.3 Å². The predicted molar refractivity (Wildman–Crippen MR) is 55.0 cm³/mol. The van der Waals surface area contributed by atoms with E-state index < -0.39 is 5.91 Å². The average molecular weight is 192 g/mol. The Bertz CT molecular complexity index is 359. The third-order valence-corrected chi connectivity index (χ3v) is 2.19. The lowest BCUT2D eigenvalue weighted by Gasteiger charge is -2.31. The number of hydrogen-bond acceptors (Lipinski definition) is 4. The van der Waals surface area contributed by atoms with Crippen LogP contribution in [0, 0.1) is 0 Å². The summed E-state index contributed by atoms with van der Waals surface area (Å²) in [5.41, 5.74) is 1.79. The molecule has 0 saturated carbocycles. The second-order valence-electron chi connectivity index (χ2n) is 2.98. The summed E-state index contributed by atoms with van der Waals surface area (Å²) in [5.74, 6) is -0.936. The Labute approximate surface area is 82.6 Å². The molecule has 0 aliphatic carbocycles. The first-order valence-electron chi connectivity index (χ1n) is 4.32. The van der Waals surface area contributed by atoms with Crippen LogP contribution < -0.4 is 5.32 Å². The van der Waals surface area contributed by atoms with Gasteiger partial charge in [-0.1, -0.05) is 12.1 Å². The minimum absolute atomic E-state index is 0.886. The molecule has 0 amide bonds. The van der Waals surface area contributed by atoms with Crippen molar-refractivity contribution in [2.75, 3.05) is 19.5 Å². The molecular formula is C10H12N2O2. The number of methoxy groups -OCH3 is 2. The zero-order valence-corrected chi connectivity index (χ0v) is 8.15. The lowest BCUT2D eigenvalue weighted by Crippen LogP contribution is -2.45. The van der Waals surface area contributed by atoms with Crippen molar-refractivity contribution in [1.29, 1.82) is 0 Å². The van der Waals surface area contributed by atoms with Crippen LogP contribution in [0.5, 0.6) is 0 Å². The first-order valence-corrected chi connectivity index (χ1v) is 4.32. The van der Waals surface area contributed by atoms with Crippen molar-refractivity contribution < 1.29 is 9.47 Å². The number of ether oxygens (including phenoxy) is 2. The molecule has 1 aliphatic rings. The zero-order valence-electron chi connectivity index (χ0n) is 8.15. The monoisotopic (exact) mass is 192 g/mol. The van der Waals surface area contributed by atoms with Crippen LogP contribution in [0.1, 0.15) is 0 Å². The molecule has 14 heavy (non-hydrogen) atoms. The number of aliphatic imine (C=N–C) groups is 1. The van der Waals surface area contributed by atoms with Gasteiger partial charge < -0.3 is 14.8 Å². The van der Waals surface area contributed by atoms with Gasteiger partial charge in [-0.15, -0.1) is 0 Å². The molecule has 0 radical (unpaired) electrons. The Hall–Kier alpha value is -1.39. The van der Waals surface area contributed by atoms with Crippen LogP contribution in [-0.4, -0.2) is 26.3 Å². The quantitative estimate of drug-likeness (QED) is 0.726. The van der Waals surface area contributed by atoms with Gasteiger partial charge in [0.25, 0.3) is 5.91 Å². The first-order chi connectivity index (χ1) is 6.79. The summed E-state index contributed by atoms with van der Waals surface area (Å²) in [4.78, 5) is 4.25. The molecule has 1 aromatic rings. The Morgan fingerprint density at radius 2 is 1.93 bits per heavy atom. The van der Waals surface area contributed by atoms with Gasteiger partial charge in [0, 0.05) is 14.2 Å². The molecular weight excluding hydrogens is 180 g/mol. The minimum Gasteiger partial charge on any atom is -0.332 e. The highest BCUT2D eigenvalue weighted by Crippen LogP contribution is 2.31. The van der Waals surface area contributed by atoms with Crippen LogP contribution >= 0.6 is 0 Å². The van der Waals surface area contributed by atoms with Gasteiger partial charge in [-0.05, 0) is 12.1 Å². The summed E-state index contributed by atoms with van der Waals surface area (Å²) in [6, 6.07) is 7.72. The van der Waals surface area contributed by atoms with Crippen molar-refractivity contribution in [3.8, 4) is 0 Å². The molecule has 0 aromatic heterocycles. The number of hydrogen-bond donors (Lipinski definition) is 1. The molecule has 1 heterocycles. The average Bonchev–Trinajstić information content (AvgIpc) is 2.28. The Balaban J connectivity index is 2.37. The molecule has 0 fully saturated rings. The van der Waals surface area contributed by atoms with Gasteiger partial charge in [0.15, 0.2) is 0 Å². The Kier molecular flexibility index (Phi) is 2.23. The van der Waals surface area contributed by atoms with E-state index >= 15 is 0 Å². The number of benzene rings is 1. The van der Waals surface area contributed by atoms with E-state index in [9.17, 15) is 0 Å². The topological polar surface area (TPSA) is 42.9 Å². The van der Waals surface area contributed by atoms with E-state index in [0.29, 0.717) is 0 Å². The second-order valence-corrected chi connectivity index (χ2v) is 2.98. The highest BCUT2D eigenvalue weighted by Gasteiger charge is 2.30. The summed E-state index contributed by atoms with van der Waals surface area (Å²) in [5, 5.41) is 3.12. The summed E-state index contributed by atoms with van der Waals surface area (Å²) < 4.78 is 10.4. The van der Waals surface area contributed by atoms with Gasteiger partial charge in [0.1, 0.15) is 0 Å². The third-order valence-electron chi connectivity index (χ3n) is 2.19. The summed E-state index contributed by atoms with van der Waals surface area (Å²) in [6.45, 7) is 0. The molecule has 0 unspecified atom stereocenters. The molecule has 0 bridgehead atoms. The molecule has 1 aliphatic heterocycles. The van der Waals surface area contributed by atoms with Crippen LogP contribution in [-0.2, 0) is 9.47 Å². The van der Waals surface area contributed by atoms with Crippen LogP contribution in [0.3, 0.4) is 0 Å². The van der Waals surface area contributed by atoms with E-state index in [1.165, 1.54) is 0 Å². The number of nitrogens with one attached hydrogen (secondary N) is 1. The predicted octanol–water partition coefficient (Wildman–Crippen LogP) is 1.76. The fourth-order valence-electron chi connectivity index (χ4n) is 1.36. The van der Waals surface area contributed by atoms with Gasteiger partial charge in [0.2, 0.25) is 0 Å². The maximum absolute atomic E-state index is 5.20. The van der Waals surface area contributed by atoms with E-state index in [2.05, 4.69) is 10.3 Å². The number of nitrogens with zero attached hydrogens (tertiary/aromatic N) is 1. The number of anilines is 1. The Morgan fingerprint density at radius 1 is 1.21 bits per heavy atom. The minimum atomic E-state index is -0.936. The highest BCUT2D eigenvalue weighted by molar-refractivity contribution is 5.83. The molecule has 4 heteroatoms. The van der Waals surface area contributed by atoms with Crippen molar-refractivity contribution in [2.24, 2.45) is 4.99 Å². The van der Waals surface area contributed by atoms with Crippen molar-refractivity contribution in [2.45, 2.75) is 5.91 Å². The molecule has 74 valence electrons. The number of para-hydroxylation sites is 2. The lowest BCUT2D eigenvalue weighted by atomic mass is 10.2. The van der Waals surface area contributed by atoms with Crippen LogP contribution in [0.4, 0.5) is 11.4 Å². The van der Waals surface area contributed by atoms with Crippen molar-refractivity contribution in [3.63, 3.8) is 0 Å². The van der Waals surface area contributed by atoms with Gasteiger partial charge in [-0.3, -0.25) is 4.99 Å². The highest BCUT2D eigenvalue weighted by atomic mass is 16.7. The molecule has 0 spiro atoms. The fourth-order valence-corrected chi connectivity index (χ4v) is 1.36. The van der Waals surface area contributed by atoms with Crippen LogP contribution in [0.25, 0.3) is 0 Å². The number of fused-ring (bicyclic) bond motifs is 1.